The van der Waals surface area contributed by atoms with Gasteiger partial charge in [-0.25, -0.2) is 0 Å². The van der Waals surface area contributed by atoms with E-state index >= 15 is 0 Å². The first kappa shape index (κ1) is 7.00. The van der Waals surface area contributed by atoms with Crippen LogP contribution in [-0.4, -0.2) is 13.2 Å². The molecule has 0 bridgehead atoms. The fourth-order valence-electron chi connectivity index (χ4n) is 0.585. The molecule has 1 heterocycles. The molecule has 0 unspecified atom stereocenters. The minimum absolute atomic E-state index is 0.517. The van der Waals surface area contributed by atoms with E-state index in [1.807, 2.05) is 0 Å². The molecule has 4 heteroatoms. The molecule has 1 saturated heterocycles. The van der Waals surface area contributed by atoms with E-state index in [1.165, 1.54) is 5.82 Å². The van der Waals surface area contributed by atoms with Gasteiger partial charge in [-0.3, -0.25) is 4.57 Å². The van der Waals surface area contributed by atoms with Crippen LogP contribution in [0, 0.1) is 0 Å². The Labute approximate surface area is 54.2 Å². The van der Waals surface area contributed by atoms with Crippen LogP contribution in [0.1, 0.15) is 6.42 Å². The summed E-state index contributed by atoms with van der Waals surface area (Å²) in [6.07, 6.45) is 0.817. The van der Waals surface area contributed by atoms with Crippen molar-refractivity contribution in [3.8, 4) is 0 Å². The largest absolute Gasteiger partial charge is 0.353 e. The van der Waals surface area contributed by atoms with Gasteiger partial charge in [0.2, 0.25) is 0 Å². The lowest BCUT2D eigenvalue weighted by Crippen LogP contribution is -2.05. The smallest absolute Gasteiger partial charge is 0.306 e. The van der Waals surface area contributed by atoms with E-state index in [0.717, 1.165) is 6.42 Å². The van der Waals surface area contributed by atoms with Crippen molar-refractivity contribution in [3.63, 3.8) is 0 Å². The third-order valence-electron chi connectivity index (χ3n) is 1.05. The van der Waals surface area contributed by atoms with E-state index in [4.69, 9.17) is 9.05 Å². The van der Waals surface area contributed by atoms with Crippen LogP contribution in [0.4, 0.5) is 0 Å². The topological polar surface area (TPSA) is 35.5 Å². The molecule has 0 saturated carbocycles. The lowest BCUT2D eigenvalue weighted by atomic mass is 10.5. The van der Waals surface area contributed by atoms with Crippen molar-refractivity contribution >= 4 is 7.60 Å². The van der Waals surface area contributed by atoms with Gasteiger partial charge in [0.05, 0.1) is 13.2 Å². The Hall–Kier alpha value is -0.110. The third kappa shape index (κ3) is 1.65. The summed E-state index contributed by atoms with van der Waals surface area (Å²) in [5.41, 5.74) is 0. The van der Waals surface area contributed by atoms with E-state index < -0.39 is 7.60 Å². The van der Waals surface area contributed by atoms with Crippen LogP contribution in [-0.2, 0) is 13.6 Å². The van der Waals surface area contributed by atoms with Crippen LogP contribution in [0.25, 0.3) is 0 Å². The Kier molecular flexibility index (Phi) is 2.06. The highest BCUT2D eigenvalue weighted by Gasteiger charge is 2.22. The Morgan fingerprint density at radius 1 is 1.44 bits per heavy atom. The van der Waals surface area contributed by atoms with Crippen LogP contribution in [0.5, 0.6) is 0 Å². The molecule has 0 radical (unpaired) electrons. The van der Waals surface area contributed by atoms with Gasteiger partial charge in [0.1, 0.15) is 0 Å². The van der Waals surface area contributed by atoms with Crippen LogP contribution >= 0.6 is 7.60 Å². The average Bonchev–Trinajstić information content (AvgIpc) is 1.90. The third-order valence-corrected chi connectivity index (χ3v) is 2.59. The van der Waals surface area contributed by atoms with Gasteiger partial charge in [-0.05, 0) is 6.42 Å². The quantitative estimate of drug-likeness (QED) is 0.531. The molecule has 0 aromatic heterocycles. The number of hydrogen-bond acceptors (Lipinski definition) is 3. The molecule has 0 aromatic rings. The first-order valence-corrected chi connectivity index (χ1v) is 4.40. The van der Waals surface area contributed by atoms with Gasteiger partial charge in [-0.15, -0.1) is 0 Å². The molecule has 1 aliphatic heterocycles. The maximum absolute atomic E-state index is 11.0. The average molecular weight is 148 g/mol. The highest BCUT2D eigenvalue weighted by Crippen LogP contribution is 2.51. The Morgan fingerprint density at radius 3 is 2.33 bits per heavy atom. The summed E-state index contributed by atoms with van der Waals surface area (Å²) in [6, 6.07) is 0. The van der Waals surface area contributed by atoms with E-state index in [9.17, 15) is 4.57 Å². The molecule has 0 aliphatic carbocycles. The van der Waals surface area contributed by atoms with E-state index in [0.29, 0.717) is 13.2 Å². The molecule has 1 rings (SSSR count). The van der Waals surface area contributed by atoms with Crippen molar-refractivity contribution in [2.24, 2.45) is 0 Å². The fraction of sp³-hybridized carbons (Fsp3) is 0.600. The second-order valence-corrected chi connectivity index (χ2v) is 3.70. The molecule has 9 heavy (non-hydrogen) atoms. The van der Waals surface area contributed by atoms with Crippen molar-refractivity contribution in [3.05, 3.63) is 12.4 Å². The summed E-state index contributed by atoms with van der Waals surface area (Å²) >= 11 is 0. The van der Waals surface area contributed by atoms with Gasteiger partial charge in [-0.2, -0.15) is 0 Å². The first-order valence-electron chi connectivity index (χ1n) is 2.79. The maximum Gasteiger partial charge on any atom is 0.353 e. The Balaban J connectivity index is 2.57. The highest BCUT2D eigenvalue weighted by molar-refractivity contribution is 7.57. The minimum atomic E-state index is -2.83. The van der Waals surface area contributed by atoms with Gasteiger partial charge in [-0.1, -0.05) is 6.58 Å². The van der Waals surface area contributed by atoms with Crippen molar-refractivity contribution < 1.29 is 13.6 Å². The van der Waals surface area contributed by atoms with Gasteiger partial charge < -0.3 is 9.05 Å². The van der Waals surface area contributed by atoms with Crippen LogP contribution < -0.4 is 0 Å². The highest BCUT2D eigenvalue weighted by atomic mass is 31.2. The maximum atomic E-state index is 11.0. The fourth-order valence-corrected chi connectivity index (χ4v) is 1.64. The van der Waals surface area contributed by atoms with Crippen LogP contribution in [0.3, 0.4) is 0 Å². The Bertz CT molecular complexity index is 144. The normalized spacial score (nSPS) is 25.3. The van der Waals surface area contributed by atoms with Crippen molar-refractivity contribution in [1.82, 2.24) is 0 Å². The predicted octanol–water partition coefficient (Wildman–Crippen LogP) is 1.76. The second-order valence-electron chi connectivity index (χ2n) is 1.74. The van der Waals surface area contributed by atoms with Gasteiger partial charge in [0.25, 0.3) is 0 Å². The van der Waals surface area contributed by atoms with Gasteiger partial charge >= 0.3 is 7.60 Å². The molecule has 3 nitrogen and oxygen atoms in total. The molecule has 0 N–H and O–H groups in total. The molecule has 52 valence electrons. The summed E-state index contributed by atoms with van der Waals surface area (Å²) in [7, 11) is -2.83. The van der Waals surface area contributed by atoms with Gasteiger partial charge in [0.15, 0.2) is 0 Å². The van der Waals surface area contributed by atoms with Crippen molar-refractivity contribution in [1.29, 1.82) is 0 Å². The molecule has 0 atom stereocenters. The predicted molar refractivity (Wildman–Crippen MR) is 34.3 cm³/mol. The molecule has 1 aliphatic rings. The zero-order chi connectivity index (χ0) is 6.74. The summed E-state index contributed by atoms with van der Waals surface area (Å²) in [5, 5.41) is 0. The molecule has 0 aromatic carbocycles. The summed E-state index contributed by atoms with van der Waals surface area (Å²) in [5.74, 6) is 1.24. The molecular formula is C5H9O3P. The molecular weight excluding hydrogens is 139 g/mol. The van der Waals surface area contributed by atoms with Crippen LogP contribution in [0.2, 0.25) is 0 Å². The van der Waals surface area contributed by atoms with E-state index in [2.05, 4.69) is 6.58 Å². The van der Waals surface area contributed by atoms with Crippen molar-refractivity contribution in [2.45, 2.75) is 6.42 Å². The minimum Gasteiger partial charge on any atom is -0.306 e. The second kappa shape index (κ2) is 2.65. The lowest BCUT2D eigenvalue weighted by Gasteiger charge is -2.19. The SMILES string of the molecule is C=CP1(=O)OCCCO1. The van der Waals surface area contributed by atoms with E-state index in [-0.39, 0.29) is 0 Å². The van der Waals surface area contributed by atoms with E-state index in [1.54, 1.807) is 0 Å². The molecule has 1 fully saturated rings. The summed E-state index contributed by atoms with van der Waals surface area (Å²) < 4.78 is 20.7. The Morgan fingerprint density at radius 2 is 2.00 bits per heavy atom. The summed E-state index contributed by atoms with van der Waals surface area (Å²) in [4.78, 5) is 0. The standard InChI is InChI=1S/C5H9O3P/c1-2-9(6)7-4-3-5-8-9/h2H,1,3-5H2. The number of rotatable bonds is 1. The van der Waals surface area contributed by atoms with Crippen LogP contribution in [0.15, 0.2) is 12.4 Å². The first-order chi connectivity index (χ1) is 4.27. The monoisotopic (exact) mass is 148 g/mol. The zero-order valence-corrected chi connectivity index (χ0v) is 5.97. The molecule has 0 spiro atoms. The summed E-state index contributed by atoms with van der Waals surface area (Å²) in [6.45, 7) is 4.38. The lowest BCUT2D eigenvalue weighted by molar-refractivity contribution is 0.153. The number of hydrogen-bond donors (Lipinski definition) is 0. The molecule has 0 amide bonds. The van der Waals surface area contributed by atoms with Crippen molar-refractivity contribution in [2.75, 3.05) is 13.2 Å². The van der Waals surface area contributed by atoms with Gasteiger partial charge in [0, 0.05) is 5.82 Å². The zero-order valence-electron chi connectivity index (χ0n) is 5.08.